The lowest BCUT2D eigenvalue weighted by molar-refractivity contribution is 0.172. The number of anilines is 1. The van der Waals surface area contributed by atoms with Gasteiger partial charge in [-0.05, 0) is 44.6 Å². The van der Waals surface area contributed by atoms with E-state index in [9.17, 15) is 0 Å². The van der Waals surface area contributed by atoms with Gasteiger partial charge in [-0.15, -0.1) is 0 Å². The molecule has 114 valence electrons. The number of fused-ring (bicyclic) bond motifs is 1. The molecule has 5 nitrogen and oxygen atoms in total. The van der Waals surface area contributed by atoms with Crippen LogP contribution in [-0.4, -0.2) is 52.5 Å². The molecule has 3 rings (SSSR count). The van der Waals surface area contributed by atoms with Crippen molar-refractivity contribution in [1.29, 1.82) is 0 Å². The van der Waals surface area contributed by atoms with Crippen molar-refractivity contribution in [3.63, 3.8) is 0 Å². The van der Waals surface area contributed by atoms with Crippen molar-refractivity contribution in [2.24, 2.45) is 0 Å². The SMILES string of the molecule is CCC1CN(C)CCCN1Cc1nc2ccc(N)cc2[nH]1. The lowest BCUT2D eigenvalue weighted by atomic mass is 10.2. The molecule has 1 aromatic carbocycles. The summed E-state index contributed by atoms with van der Waals surface area (Å²) in [5.74, 6) is 1.04. The summed E-state index contributed by atoms with van der Waals surface area (Å²) in [6, 6.07) is 6.45. The Kier molecular flexibility index (Phi) is 4.12. The van der Waals surface area contributed by atoms with Crippen LogP contribution in [0.2, 0.25) is 0 Å². The van der Waals surface area contributed by atoms with Crippen molar-refractivity contribution < 1.29 is 0 Å². The standard InChI is InChI=1S/C16H25N5/c1-3-13-10-20(2)7-4-8-21(13)11-16-18-14-6-5-12(17)9-15(14)19-16/h5-6,9,13H,3-4,7-8,10-11,17H2,1-2H3,(H,18,19). The highest BCUT2D eigenvalue weighted by molar-refractivity contribution is 5.78. The van der Waals surface area contributed by atoms with Gasteiger partial charge < -0.3 is 15.6 Å². The minimum absolute atomic E-state index is 0.607. The van der Waals surface area contributed by atoms with Crippen molar-refractivity contribution in [2.75, 3.05) is 32.4 Å². The van der Waals surface area contributed by atoms with Crippen LogP contribution in [0.3, 0.4) is 0 Å². The van der Waals surface area contributed by atoms with Crippen LogP contribution in [0.4, 0.5) is 5.69 Å². The Balaban J connectivity index is 1.79. The van der Waals surface area contributed by atoms with Gasteiger partial charge in [-0.3, -0.25) is 4.90 Å². The van der Waals surface area contributed by atoms with Crippen LogP contribution in [0.1, 0.15) is 25.6 Å². The molecule has 0 aliphatic carbocycles. The Hall–Kier alpha value is -1.59. The van der Waals surface area contributed by atoms with Crippen LogP contribution >= 0.6 is 0 Å². The summed E-state index contributed by atoms with van der Waals surface area (Å²) >= 11 is 0. The number of hydrogen-bond acceptors (Lipinski definition) is 4. The summed E-state index contributed by atoms with van der Waals surface area (Å²) < 4.78 is 0. The van der Waals surface area contributed by atoms with Gasteiger partial charge >= 0.3 is 0 Å². The van der Waals surface area contributed by atoms with E-state index in [2.05, 4.69) is 28.8 Å². The third-order valence-electron chi connectivity index (χ3n) is 4.40. The summed E-state index contributed by atoms with van der Waals surface area (Å²) in [6.45, 7) is 6.63. The number of rotatable bonds is 3. The molecule has 0 bridgehead atoms. The van der Waals surface area contributed by atoms with Crippen LogP contribution in [0.5, 0.6) is 0 Å². The van der Waals surface area contributed by atoms with Gasteiger partial charge in [0, 0.05) is 24.8 Å². The molecule has 1 saturated heterocycles. The second-order valence-electron chi connectivity index (χ2n) is 6.11. The van der Waals surface area contributed by atoms with E-state index in [0.29, 0.717) is 6.04 Å². The molecule has 21 heavy (non-hydrogen) atoms. The number of aromatic amines is 1. The van der Waals surface area contributed by atoms with Crippen molar-refractivity contribution >= 4 is 16.7 Å². The van der Waals surface area contributed by atoms with Gasteiger partial charge in [-0.1, -0.05) is 6.92 Å². The number of hydrogen-bond donors (Lipinski definition) is 2. The number of imidazole rings is 1. The molecule has 1 atom stereocenters. The Bertz CT molecular complexity index is 606. The van der Waals surface area contributed by atoms with E-state index in [1.54, 1.807) is 0 Å². The maximum atomic E-state index is 5.83. The van der Waals surface area contributed by atoms with Crippen LogP contribution in [-0.2, 0) is 6.54 Å². The zero-order chi connectivity index (χ0) is 14.8. The van der Waals surface area contributed by atoms with Gasteiger partial charge in [0.2, 0.25) is 0 Å². The number of benzene rings is 1. The molecule has 0 amide bonds. The summed E-state index contributed by atoms with van der Waals surface area (Å²) in [5, 5.41) is 0. The van der Waals surface area contributed by atoms with Crippen molar-refractivity contribution in [2.45, 2.75) is 32.4 Å². The highest BCUT2D eigenvalue weighted by Crippen LogP contribution is 2.18. The first kappa shape index (κ1) is 14.4. The topological polar surface area (TPSA) is 61.2 Å². The maximum absolute atomic E-state index is 5.83. The molecule has 0 radical (unpaired) electrons. The smallest absolute Gasteiger partial charge is 0.121 e. The number of H-pyrrole nitrogens is 1. The van der Waals surface area contributed by atoms with Crippen LogP contribution in [0, 0.1) is 0 Å². The van der Waals surface area contributed by atoms with E-state index < -0.39 is 0 Å². The number of nitrogen functional groups attached to an aromatic ring is 1. The quantitative estimate of drug-likeness (QED) is 0.848. The highest BCUT2D eigenvalue weighted by Gasteiger charge is 2.22. The van der Waals surface area contributed by atoms with Crippen molar-refractivity contribution in [3.05, 3.63) is 24.0 Å². The Morgan fingerprint density at radius 3 is 3.05 bits per heavy atom. The van der Waals surface area contributed by atoms with E-state index >= 15 is 0 Å². The lowest BCUT2D eigenvalue weighted by Gasteiger charge is -2.29. The first-order chi connectivity index (χ1) is 10.2. The number of aromatic nitrogens is 2. The van der Waals surface area contributed by atoms with Gasteiger partial charge in [0.15, 0.2) is 0 Å². The number of nitrogens with zero attached hydrogens (tertiary/aromatic N) is 3. The number of nitrogens with one attached hydrogen (secondary N) is 1. The van der Waals surface area contributed by atoms with Gasteiger partial charge in [-0.25, -0.2) is 4.98 Å². The third kappa shape index (κ3) is 3.19. The monoisotopic (exact) mass is 287 g/mol. The average molecular weight is 287 g/mol. The largest absolute Gasteiger partial charge is 0.399 e. The molecule has 1 aliphatic rings. The number of likely N-dealkylation sites (N-methyl/N-ethyl adjacent to an activating group) is 1. The van der Waals surface area contributed by atoms with Crippen LogP contribution in [0.15, 0.2) is 18.2 Å². The van der Waals surface area contributed by atoms with Crippen LogP contribution in [0.25, 0.3) is 11.0 Å². The minimum atomic E-state index is 0.607. The Morgan fingerprint density at radius 1 is 1.38 bits per heavy atom. The molecule has 1 aliphatic heterocycles. The molecule has 2 heterocycles. The zero-order valence-corrected chi connectivity index (χ0v) is 13.0. The summed E-state index contributed by atoms with van der Waals surface area (Å²) in [4.78, 5) is 13.1. The molecular weight excluding hydrogens is 262 g/mol. The fourth-order valence-electron chi connectivity index (χ4n) is 3.24. The summed E-state index contributed by atoms with van der Waals surface area (Å²) in [7, 11) is 2.22. The van der Waals surface area contributed by atoms with Crippen molar-refractivity contribution in [1.82, 2.24) is 19.8 Å². The molecule has 5 heteroatoms. The minimum Gasteiger partial charge on any atom is -0.399 e. The molecule has 2 aromatic rings. The first-order valence-corrected chi connectivity index (χ1v) is 7.82. The normalized spacial score (nSPS) is 21.7. The van der Waals surface area contributed by atoms with E-state index in [4.69, 9.17) is 10.7 Å². The average Bonchev–Trinajstić information content (AvgIpc) is 2.75. The lowest BCUT2D eigenvalue weighted by Crippen LogP contribution is -2.39. The molecule has 1 fully saturated rings. The van der Waals surface area contributed by atoms with E-state index in [1.807, 2.05) is 18.2 Å². The molecule has 0 saturated carbocycles. The van der Waals surface area contributed by atoms with Gasteiger partial charge in [0.25, 0.3) is 0 Å². The predicted molar refractivity (Wildman–Crippen MR) is 87.1 cm³/mol. The second-order valence-corrected chi connectivity index (χ2v) is 6.11. The zero-order valence-electron chi connectivity index (χ0n) is 13.0. The molecular formula is C16H25N5. The molecule has 0 spiro atoms. The fraction of sp³-hybridized carbons (Fsp3) is 0.562. The fourth-order valence-corrected chi connectivity index (χ4v) is 3.24. The Morgan fingerprint density at radius 2 is 2.24 bits per heavy atom. The molecule has 1 unspecified atom stereocenters. The maximum Gasteiger partial charge on any atom is 0.121 e. The first-order valence-electron chi connectivity index (χ1n) is 7.82. The second kappa shape index (κ2) is 6.03. The van der Waals surface area contributed by atoms with Gasteiger partial charge in [-0.2, -0.15) is 0 Å². The van der Waals surface area contributed by atoms with Crippen molar-refractivity contribution in [3.8, 4) is 0 Å². The van der Waals surface area contributed by atoms with Crippen LogP contribution < -0.4 is 5.73 Å². The number of nitrogens with two attached hydrogens (primary N) is 1. The third-order valence-corrected chi connectivity index (χ3v) is 4.40. The summed E-state index contributed by atoms with van der Waals surface area (Å²) in [6.07, 6.45) is 2.40. The summed E-state index contributed by atoms with van der Waals surface area (Å²) in [5.41, 5.74) is 8.64. The highest BCUT2D eigenvalue weighted by atomic mass is 15.2. The molecule has 3 N–H and O–H groups in total. The predicted octanol–water partition coefficient (Wildman–Crippen LogP) is 2.06. The Labute approximate surface area is 126 Å². The molecule has 1 aromatic heterocycles. The van der Waals surface area contributed by atoms with Gasteiger partial charge in [0.1, 0.15) is 5.82 Å². The van der Waals surface area contributed by atoms with E-state index in [-0.39, 0.29) is 0 Å². The van der Waals surface area contributed by atoms with E-state index in [1.165, 1.54) is 19.4 Å². The van der Waals surface area contributed by atoms with Gasteiger partial charge in [0.05, 0.1) is 17.6 Å². The van der Waals surface area contributed by atoms with E-state index in [0.717, 1.165) is 42.2 Å².